The van der Waals surface area contributed by atoms with Gasteiger partial charge in [0.1, 0.15) is 5.75 Å². The summed E-state index contributed by atoms with van der Waals surface area (Å²) in [4.78, 5) is 0. The molecule has 1 N–H and O–H groups in total. The van der Waals surface area contributed by atoms with E-state index in [2.05, 4.69) is 70.6 Å². The van der Waals surface area contributed by atoms with E-state index in [1.807, 2.05) is 0 Å². The summed E-state index contributed by atoms with van der Waals surface area (Å²) in [5, 5.41) is 3.63. The van der Waals surface area contributed by atoms with Gasteiger partial charge in [-0.2, -0.15) is 0 Å². The van der Waals surface area contributed by atoms with Gasteiger partial charge in [0.05, 0.1) is 12.6 Å². The summed E-state index contributed by atoms with van der Waals surface area (Å²) in [5.41, 5.74) is 3.69. The van der Waals surface area contributed by atoms with E-state index >= 15 is 0 Å². The minimum Gasteiger partial charge on any atom is -0.493 e. The maximum atomic E-state index is 5.85. The largest absolute Gasteiger partial charge is 0.493 e. The van der Waals surface area contributed by atoms with Gasteiger partial charge in [-0.15, -0.1) is 0 Å². The van der Waals surface area contributed by atoms with Crippen LogP contribution in [-0.2, 0) is 0 Å². The van der Waals surface area contributed by atoms with E-state index in [4.69, 9.17) is 4.74 Å². The van der Waals surface area contributed by atoms with Crippen molar-refractivity contribution in [1.29, 1.82) is 0 Å². The normalized spacial score (nSPS) is 17.8. The van der Waals surface area contributed by atoms with Crippen LogP contribution in [0.3, 0.4) is 0 Å². The van der Waals surface area contributed by atoms with Crippen LogP contribution in [0.25, 0.3) is 0 Å². The standard InChI is InChI=1S/C17H18BrNO/c1-12-4-7-14(8-5-12)19-16-3-2-10-20-17-11-13(18)6-9-15(16)17/h4-9,11,16,19H,2-3,10H2,1H3. The van der Waals surface area contributed by atoms with Crippen molar-refractivity contribution in [3.63, 3.8) is 0 Å². The number of anilines is 1. The van der Waals surface area contributed by atoms with Gasteiger partial charge in [-0.3, -0.25) is 0 Å². The van der Waals surface area contributed by atoms with E-state index in [9.17, 15) is 0 Å². The van der Waals surface area contributed by atoms with Gasteiger partial charge in [-0.1, -0.05) is 39.7 Å². The van der Waals surface area contributed by atoms with Gasteiger partial charge in [0.15, 0.2) is 0 Å². The van der Waals surface area contributed by atoms with Crippen molar-refractivity contribution in [3.05, 3.63) is 58.1 Å². The zero-order chi connectivity index (χ0) is 13.9. The van der Waals surface area contributed by atoms with Crippen LogP contribution < -0.4 is 10.1 Å². The summed E-state index contributed by atoms with van der Waals surface area (Å²) in [6.45, 7) is 2.89. The lowest BCUT2D eigenvalue weighted by Gasteiger charge is -2.20. The number of ether oxygens (including phenoxy) is 1. The first-order valence-corrected chi connectivity index (χ1v) is 7.77. The van der Waals surface area contributed by atoms with E-state index in [1.54, 1.807) is 0 Å². The Labute approximate surface area is 128 Å². The van der Waals surface area contributed by atoms with E-state index < -0.39 is 0 Å². The molecule has 0 spiro atoms. The minimum atomic E-state index is 0.309. The molecule has 0 saturated carbocycles. The molecule has 2 nitrogen and oxygen atoms in total. The van der Waals surface area contributed by atoms with E-state index in [0.717, 1.165) is 35.4 Å². The highest BCUT2D eigenvalue weighted by Crippen LogP contribution is 2.35. The molecule has 1 aliphatic heterocycles. The molecule has 1 unspecified atom stereocenters. The van der Waals surface area contributed by atoms with Gasteiger partial charge in [0.25, 0.3) is 0 Å². The molecular weight excluding hydrogens is 314 g/mol. The molecule has 0 radical (unpaired) electrons. The zero-order valence-corrected chi connectivity index (χ0v) is 13.1. The average Bonchev–Trinajstić information content (AvgIpc) is 2.63. The molecule has 20 heavy (non-hydrogen) atoms. The van der Waals surface area contributed by atoms with E-state index in [-0.39, 0.29) is 0 Å². The van der Waals surface area contributed by atoms with E-state index in [1.165, 1.54) is 11.1 Å². The second-order valence-corrected chi connectivity index (χ2v) is 6.15. The molecule has 1 aliphatic rings. The maximum Gasteiger partial charge on any atom is 0.125 e. The number of hydrogen-bond donors (Lipinski definition) is 1. The number of nitrogens with one attached hydrogen (secondary N) is 1. The van der Waals surface area contributed by atoms with E-state index in [0.29, 0.717) is 6.04 Å². The van der Waals surface area contributed by atoms with Crippen molar-refractivity contribution in [3.8, 4) is 5.75 Å². The lowest BCUT2D eigenvalue weighted by molar-refractivity contribution is 0.316. The van der Waals surface area contributed by atoms with Crippen molar-refractivity contribution >= 4 is 21.6 Å². The molecule has 2 aromatic carbocycles. The number of fused-ring (bicyclic) bond motifs is 1. The van der Waals surface area contributed by atoms with Crippen LogP contribution >= 0.6 is 15.9 Å². The Bertz CT molecular complexity index is 594. The van der Waals surface area contributed by atoms with Gasteiger partial charge < -0.3 is 10.1 Å². The third-order valence-corrected chi connectivity index (χ3v) is 4.13. The molecular formula is C17H18BrNO. The van der Waals surface area contributed by atoms with Crippen LogP contribution in [0.15, 0.2) is 46.9 Å². The maximum absolute atomic E-state index is 5.85. The topological polar surface area (TPSA) is 21.3 Å². The van der Waals surface area contributed by atoms with Crippen LogP contribution in [0.4, 0.5) is 5.69 Å². The Morgan fingerprint density at radius 3 is 2.75 bits per heavy atom. The van der Waals surface area contributed by atoms with Gasteiger partial charge >= 0.3 is 0 Å². The summed E-state index contributed by atoms with van der Waals surface area (Å²) in [7, 11) is 0. The molecule has 0 amide bonds. The lowest BCUT2D eigenvalue weighted by atomic mass is 10.0. The van der Waals surface area contributed by atoms with Crippen LogP contribution in [0, 0.1) is 6.92 Å². The molecule has 0 fully saturated rings. The Morgan fingerprint density at radius 1 is 1.15 bits per heavy atom. The Morgan fingerprint density at radius 2 is 1.95 bits per heavy atom. The Balaban J connectivity index is 1.88. The fourth-order valence-electron chi connectivity index (χ4n) is 2.55. The van der Waals surface area contributed by atoms with Crippen LogP contribution in [0.2, 0.25) is 0 Å². The van der Waals surface area contributed by atoms with Gasteiger partial charge in [0, 0.05) is 15.7 Å². The third-order valence-electron chi connectivity index (χ3n) is 3.64. The molecule has 1 heterocycles. The van der Waals surface area contributed by atoms with Crippen molar-refractivity contribution in [2.75, 3.05) is 11.9 Å². The average molecular weight is 332 g/mol. The molecule has 1 atom stereocenters. The fourth-order valence-corrected chi connectivity index (χ4v) is 2.89. The second kappa shape index (κ2) is 5.88. The molecule has 0 bridgehead atoms. The third kappa shape index (κ3) is 2.98. The highest BCUT2D eigenvalue weighted by atomic mass is 79.9. The van der Waals surface area contributed by atoms with Crippen LogP contribution in [0.5, 0.6) is 5.75 Å². The Hall–Kier alpha value is -1.48. The number of hydrogen-bond acceptors (Lipinski definition) is 2. The molecule has 2 aromatic rings. The molecule has 3 rings (SSSR count). The molecule has 0 aliphatic carbocycles. The predicted molar refractivity (Wildman–Crippen MR) is 86.4 cm³/mol. The number of halogens is 1. The first-order valence-electron chi connectivity index (χ1n) is 6.98. The number of aryl methyl sites for hydroxylation is 1. The Kier molecular flexibility index (Phi) is 3.97. The van der Waals surface area contributed by atoms with Crippen LogP contribution in [-0.4, -0.2) is 6.61 Å². The summed E-state index contributed by atoms with van der Waals surface area (Å²) < 4.78 is 6.91. The first kappa shape index (κ1) is 13.5. The number of benzene rings is 2. The van der Waals surface area contributed by atoms with Crippen molar-refractivity contribution < 1.29 is 4.74 Å². The molecule has 3 heteroatoms. The van der Waals surface area contributed by atoms with Crippen molar-refractivity contribution in [2.24, 2.45) is 0 Å². The van der Waals surface area contributed by atoms with Crippen molar-refractivity contribution in [2.45, 2.75) is 25.8 Å². The monoisotopic (exact) mass is 331 g/mol. The minimum absolute atomic E-state index is 0.309. The highest BCUT2D eigenvalue weighted by Gasteiger charge is 2.19. The predicted octanol–water partition coefficient (Wildman–Crippen LogP) is 5.08. The lowest BCUT2D eigenvalue weighted by Crippen LogP contribution is -2.10. The summed E-state index contributed by atoms with van der Waals surface area (Å²) in [6, 6.07) is 15.1. The van der Waals surface area contributed by atoms with Crippen molar-refractivity contribution in [1.82, 2.24) is 0 Å². The van der Waals surface area contributed by atoms with Gasteiger partial charge in [0.2, 0.25) is 0 Å². The van der Waals surface area contributed by atoms with Gasteiger partial charge in [-0.25, -0.2) is 0 Å². The van der Waals surface area contributed by atoms with Gasteiger partial charge in [-0.05, 0) is 44.0 Å². The summed E-state index contributed by atoms with van der Waals surface area (Å²) >= 11 is 3.51. The molecule has 0 aromatic heterocycles. The zero-order valence-electron chi connectivity index (χ0n) is 11.5. The number of rotatable bonds is 2. The molecule has 0 saturated heterocycles. The highest BCUT2D eigenvalue weighted by molar-refractivity contribution is 9.10. The van der Waals surface area contributed by atoms with Crippen LogP contribution in [0.1, 0.15) is 30.0 Å². The fraction of sp³-hybridized carbons (Fsp3) is 0.294. The SMILES string of the molecule is Cc1ccc(NC2CCCOc3cc(Br)ccc32)cc1. The second-order valence-electron chi connectivity index (χ2n) is 5.24. The smallest absolute Gasteiger partial charge is 0.125 e. The quantitative estimate of drug-likeness (QED) is 0.828. The summed E-state index contributed by atoms with van der Waals surface area (Å²) in [5.74, 6) is 0.987. The molecule has 104 valence electrons. The first-order chi connectivity index (χ1) is 9.72. The summed E-state index contributed by atoms with van der Waals surface area (Å²) in [6.07, 6.45) is 2.15.